The van der Waals surface area contributed by atoms with Crippen molar-refractivity contribution in [3.63, 3.8) is 0 Å². The molecule has 1 aromatic heterocycles. The van der Waals surface area contributed by atoms with E-state index < -0.39 is 0 Å². The Labute approximate surface area is 98.8 Å². The molecule has 88 valence electrons. The predicted molar refractivity (Wildman–Crippen MR) is 65.6 cm³/mol. The van der Waals surface area contributed by atoms with E-state index in [1.807, 2.05) is 0 Å². The molecule has 0 bridgehead atoms. The molecule has 1 saturated heterocycles. The first-order chi connectivity index (χ1) is 7.84. The van der Waals surface area contributed by atoms with Crippen LogP contribution in [0.2, 0.25) is 0 Å². The van der Waals surface area contributed by atoms with E-state index in [9.17, 15) is 4.79 Å². The van der Waals surface area contributed by atoms with Crippen LogP contribution in [0.1, 0.15) is 12.8 Å². The van der Waals surface area contributed by atoms with Gasteiger partial charge in [0.1, 0.15) is 0 Å². The molecule has 0 radical (unpaired) electrons. The maximum atomic E-state index is 11.6. The van der Waals surface area contributed by atoms with Gasteiger partial charge in [0.2, 0.25) is 5.91 Å². The van der Waals surface area contributed by atoms with Crippen molar-refractivity contribution >= 4 is 23.4 Å². The second-order valence-electron chi connectivity index (χ2n) is 3.80. The minimum absolute atomic E-state index is 0.0462. The van der Waals surface area contributed by atoms with Gasteiger partial charge in [-0.25, -0.2) is 0 Å². The molecule has 0 unspecified atom stereocenters. The number of aromatic amines is 1. The number of aromatic nitrogens is 2. The number of amides is 1. The van der Waals surface area contributed by atoms with Gasteiger partial charge in [-0.2, -0.15) is 5.10 Å². The molecule has 16 heavy (non-hydrogen) atoms. The van der Waals surface area contributed by atoms with Crippen LogP contribution < -0.4 is 10.6 Å². The summed E-state index contributed by atoms with van der Waals surface area (Å²) in [7, 11) is 0. The van der Waals surface area contributed by atoms with Gasteiger partial charge in [-0.05, 0) is 25.9 Å². The first-order valence-corrected chi connectivity index (χ1v) is 6.50. The Balaban J connectivity index is 1.67. The van der Waals surface area contributed by atoms with Crippen LogP contribution in [-0.2, 0) is 4.79 Å². The maximum Gasteiger partial charge on any atom is 0.234 e. The van der Waals surface area contributed by atoms with E-state index in [2.05, 4.69) is 20.8 Å². The fraction of sp³-hybridized carbons (Fsp3) is 0.600. The van der Waals surface area contributed by atoms with E-state index in [-0.39, 0.29) is 5.91 Å². The number of piperidine rings is 1. The lowest BCUT2D eigenvalue weighted by atomic mass is 10.2. The highest BCUT2D eigenvalue weighted by atomic mass is 32.2. The Bertz CT molecular complexity index is 322. The number of H-pyrrole nitrogens is 1. The zero-order valence-corrected chi connectivity index (χ0v) is 9.85. The van der Waals surface area contributed by atoms with Crippen molar-refractivity contribution in [3.05, 3.63) is 12.4 Å². The molecule has 1 aromatic rings. The zero-order chi connectivity index (χ0) is 11.2. The van der Waals surface area contributed by atoms with Crippen LogP contribution in [0.3, 0.4) is 0 Å². The number of carbonyl (C=O) groups is 1. The highest BCUT2D eigenvalue weighted by Gasteiger charge is 2.14. The summed E-state index contributed by atoms with van der Waals surface area (Å²) in [6.45, 7) is 2.14. The molecule has 2 heterocycles. The molecule has 1 fully saturated rings. The van der Waals surface area contributed by atoms with Gasteiger partial charge in [-0.15, -0.1) is 11.8 Å². The molecule has 0 aliphatic carbocycles. The van der Waals surface area contributed by atoms with Crippen LogP contribution in [0.5, 0.6) is 0 Å². The standard InChI is InChI=1S/C10H16N4OS/c15-10(14-8-5-12-13-6-8)7-16-9-1-3-11-4-2-9/h5-6,9,11H,1-4,7H2,(H,12,13)(H,14,15). The minimum atomic E-state index is 0.0462. The summed E-state index contributed by atoms with van der Waals surface area (Å²) < 4.78 is 0. The largest absolute Gasteiger partial charge is 0.323 e. The lowest BCUT2D eigenvalue weighted by molar-refractivity contribution is -0.113. The number of carbonyl (C=O) groups excluding carboxylic acids is 1. The molecule has 6 heteroatoms. The van der Waals surface area contributed by atoms with Gasteiger partial charge in [0.05, 0.1) is 17.6 Å². The van der Waals surface area contributed by atoms with Gasteiger partial charge < -0.3 is 10.6 Å². The monoisotopic (exact) mass is 240 g/mol. The Hall–Kier alpha value is -1.01. The molecule has 0 atom stereocenters. The van der Waals surface area contributed by atoms with Gasteiger partial charge in [0, 0.05) is 11.4 Å². The van der Waals surface area contributed by atoms with Crippen molar-refractivity contribution in [2.75, 3.05) is 24.2 Å². The number of thioether (sulfide) groups is 1. The van der Waals surface area contributed by atoms with E-state index in [1.165, 1.54) is 0 Å². The van der Waals surface area contributed by atoms with Crippen LogP contribution >= 0.6 is 11.8 Å². The topological polar surface area (TPSA) is 69.8 Å². The maximum absolute atomic E-state index is 11.6. The summed E-state index contributed by atoms with van der Waals surface area (Å²) in [6.07, 6.45) is 5.59. The van der Waals surface area contributed by atoms with Crippen LogP contribution in [0, 0.1) is 0 Å². The third-order valence-electron chi connectivity index (χ3n) is 2.52. The Morgan fingerprint density at radius 2 is 2.38 bits per heavy atom. The summed E-state index contributed by atoms with van der Waals surface area (Å²) in [5.41, 5.74) is 0.732. The number of hydrogen-bond donors (Lipinski definition) is 3. The normalized spacial score (nSPS) is 17.2. The summed E-state index contributed by atoms with van der Waals surface area (Å²) in [4.78, 5) is 11.6. The van der Waals surface area contributed by atoms with E-state index >= 15 is 0 Å². The molecular weight excluding hydrogens is 224 g/mol. The smallest absolute Gasteiger partial charge is 0.234 e. The van der Waals surface area contributed by atoms with Gasteiger partial charge in [0.15, 0.2) is 0 Å². The van der Waals surface area contributed by atoms with Crippen LogP contribution in [0.25, 0.3) is 0 Å². The van der Waals surface area contributed by atoms with Crippen molar-refractivity contribution in [1.29, 1.82) is 0 Å². The van der Waals surface area contributed by atoms with Gasteiger partial charge in [-0.1, -0.05) is 0 Å². The summed E-state index contributed by atoms with van der Waals surface area (Å²) in [6, 6.07) is 0. The summed E-state index contributed by atoms with van der Waals surface area (Å²) in [5, 5.41) is 13.2. The second kappa shape index (κ2) is 5.91. The molecule has 0 saturated carbocycles. The highest BCUT2D eigenvalue weighted by Crippen LogP contribution is 2.20. The average Bonchev–Trinajstić information content (AvgIpc) is 2.81. The highest BCUT2D eigenvalue weighted by molar-refractivity contribution is 8.00. The van der Waals surface area contributed by atoms with Crippen LogP contribution in [-0.4, -0.2) is 40.2 Å². The molecular formula is C10H16N4OS. The number of rotatable bonds is 4. The number of hydrogen-bond acceptors (Lipinski definition) is 4. The lowest BCUT2D eigenvalue weighted by Crippen LogP contribution is -2.30. The third kappa shape index (κ3) is 3.53. The fourth-order valence-electron chi connectivity index (χ4n) is 1.67. The molecule has 1 aliphatic rings. The van der Waals surface area contributed by atoms with E-state index in [0.29, 0.717) is 11.0 Å². The molecule has 0 aromatic carbocycles. The Kier molecular flexibility index (Phi) is 4.24. The third-order valence-corrected chi connectivity index (χ3v) is 3.89. The second-order valence-corrected chi connectivity index (χ2v) is 5.08. The molecule has 3 N–H and O–H groups in total. The summed E-state index contributed by atoms with van der Waals surface area (Å²) >= 11 is 1.74. The quantitative estimate of drug-likeness (QED) is 0.729. The SMILES string of the molecule is O=C(CSC1CCNCC1)Nc1cn[nH]c1. The molecule has 0 spiro atoms. The Morgan fingerprint density at radius 1 is 1.56 bits per heavy atom. The average molecular weight is 240 g/mol. The molecule has 5 nitrogen and oxygen atoms in total. The predicted octanol–water partition coefficient (Wildman–Crippen LogP) is 0.833. The van der Waals surface area contributed by atoms with E-state index in [1.54, 1.807) is 24.2 Å². The number of nitrogens with one attached hydrogen (secondary N) is 3. The zero-order valence-electron chi connectivity index (χ0n) is 9.03. The number of anilines is 1. The van der Waals surface area contributed by atoms with Crippen LogP contribution in [0.15, 0.2) is 12.4 Å². The fourth-order valence-corrected chi connectivity index (χ4v) is 2.70. The summed E-state index contributed by atoms with van der Waals surface area (Å²) in [5.74, 6) is 0.570. The van der Waals surface area contributed by atoms with Crippen molar-refractivity contribution < 1.29 is 4.79 Å². The van der Waals surface area contributed by atoms with Crippen molar-refractivity contribution in [1.82, 2.24) is 15.5 Å². The van der Waals surface area contributed by atoms with E-state index in [4.69, 9.17) is 0 Å². The van der Waals surface area contributed by atoms with Crippen molar-refractivity contribution in [3.8, 4) is 0 Å². The van der Waals surface area contributed by atoms with Gasteiger partial charge in [0.25, 0.3) is 0 Å². The molecule has 1 aliphatic heterocycles. The first kappa shape index (κ1) is 11.5. The van der Waals surface area contributed by atoms with Crippen molar-refractivity contribution in [2.24, 2.45) is 0 Å². The lowest BCUT2D eigenvalue weighted by Gasteiger charge is -2.21. The van der Waals surface area contributed by atoms with Crippen molar-refractivity contribution in [2.45, 2.75) is 18.1 Å². The van der Waals surface area contributed by atoms with Crippen LogP contribution in [0.4, 0.5) is 5.69 Å². The van der Waals surface area contributed by atoms with Gasteiger partial charge >= 0.3 is 0 Å². The minimum Gasteiger partial charge on any atom is -0.323 e. The molecule has 2 rings (SSSR count). The molecule has 1 amide bonds. The number of nitrogens with zero attached hydrogens (tertiary/aromatic N) is 1. The Morgan fingerprint density at radius 3 is 3.06 bits per heavy atom. The van der Waals surface area contributed by atoms with E-state index in [0.717, 1.165) is 31.6 Å². The first-order valence-electron chi connectivity index (χ1n) is 5.45. The van der Waals surface area contributed by atoms with Gasteiger partial charge in [-0.3, -0.25) is 9.89 Å².